The zero-order valence-electron chi connectivity index (χ0n) is 7.20. The molecule has 0 aromatic carbocycles. The summed E-state index contributed by atoms with van der Waals surface area (Å²) in [6.07, 6.45) is -0.119. The molecule has 1 unspecified atom stereocenters. The molecule has 66 valence electrons. The van der Waals surface area contributed by atoms with E-state index in [9.17, 15) is 5.11 Å². The Morgan fingerprint density at radius 3 is 2.45 bits per heavy atom. The zero-order chi connectivity index (χ0) is 8.43. The van der Waals surface area contributed by atoms with Gasteiger partial charge in [-0.2, -0.15) is 12.6 Å². The van der Waals surface area contributed by atoms with Crippen molar-refractivity contribution in [3.05, 3.63) is 0 Å². The first-order valence-electron chi connectivity index (χ1n) is 4.16. The molecule has 0 amide bonds. The molecule has 1 aliphatic rings. The van der Waals surface area contributed by atoms with Gasteiger partial charge in [-0.25, -0.2) is 0 Å². The summed E-state index contributed by atoms with van der Waals surface area (Å²) in [5, 5.41) is 9.61. The van der Waals surface area contributed by atoms with Crippen molar-refractivity contribution in [1.29, 1.82) is 0 Å². The first kappa shape index (κ1) is 9.36. The maximum atomic E-state index is 9.61. The summed E-state index contributed by atoms with van der Waals surface area (Å²) < 4.78 is 0. The van der Waals surface area contributed by atoms with Crippen molar-refractivity contribution >= 4 is 12.6 Å². The zero-order valence-corrected chi connectivity index (χ0v) is 8.09. The van der Waals surface area contributed by atoms with E-state index in [4.69, 9.17) is 0 Å². The van der Waals surface area contributed by atoms with E-state index >= 15 is 0 Å². The highest BCUT2D eigenvalue weighted by atomic mass is 32.1. The van der Waals surface area contributed by atoms with Crippen LogP contribution in [0.15, 0.2) is 0 Å². The first-order valence-corrected chi connectivity index (χ1v) is 4.79. The van der Waals surface area contributed by atoms with E-state index in [1.54, 1.807) is 0 Å². The van der Waals surface area contributed by atoms with Gasteiger partial charge >= 0.3 is 0 Å². The fourth-order valence-electron chi connectivity index (χ4n) is 1.49. The number of aliphatic hydroxyl groups excluding tert-OH is 1. The molecule has 1 fully saturated rings. The second-order valence-electron chi connectivity index (χ2n) is 3.67. The predicted octanol–water partition coefficient (Wildman–Crippen LogP) is 0.822. The molecule has 0 saturated carbocycles. The van der Waals surface area contributed by atoms with Crippen molar-refractivity contribution in [2.24, 2.45) is 11.8 Å². The quantitative estimate of drug-likeness (QED) is 0.620. The minimum absolute atomic E-state index is 0.119. The van der Waals surface area contributed by atoms with Crippen molar-refractivity contribution in [1.82, 2.24) is 4.90 Å². The van der Waals surface area contributed by atoms with Crippen molar-refractivity contribution < 1.29 is 5.11 Å². The number of nitrogens with zero attached hydrogens (tertiary/aromatic N) is 1. The Balaban J connectivity index is 2.21. The summed E-state index contributed by atoms with van der Waals surface area (Å²) in [7, 11) is 0. The van der Waals surface area contributed by atoms with Crippen molar-refractivity contribution in [2.75, 3.05) is 19.0 Å². The number of rotatable bonds is 3. The van der Waals surface area contributed by atoms with Crippen LogP contribution in [-0.2, 0) is 0 Å². The van der Waals surface area contributed by atoms with Gasteiger partial charge in [0.15, 0.2) is 0 Å². The monoisotopic (exact) mass is 175 g/mol. The molecular formula is C8H17NOS. The minimum Gasteiger partial charge on any atom is -0.392 e. The van der Waals surface area contributed by atoms with Gasteiger partial charge in [0.05, 0.1) is 6.10 Å². The molecule has 1 aliphatic heterocycles. The molecular weight excluding hydrogens is 158 g/mol. The van der Waals surface area contributed by atoms with E-state index in [0.717, 1.165) is 19.0 Å². The third-order valence-electron chi connectivity index (χ3n) is 2.35. The lowest BCUT2D eigenvalue weighted by Crippen LogP contribution is -2.52. The second kappa shape index (κ2) is 3.78. The number of hydrogen-bond acceptors (Lipinski definition) is 3. The molecule has 1 saturated heterocycles. The Hall–Kier alpha value is 0.270. The maximum absolute atomic E-state index is 9.61. The highest BCUT2D eigenvalue weighted by Gasteiger charge is 2.32. The number of likely N-dealkylation sites (tertiary alicyclic amines) is 1. The van der Waals surface area contributed by atoms with Gasteiger partial charge in [0.1, 0.15) is 0 Å². The van der Waals surface area contributed by atoms with Crippen molar-refractivity contribution in [2.45, 2.75) is 20.0 Å². The van der Waals surface area contributed by atoms with E-state index in [1.807, 2.05) is 0 Å². The molecule has 1 rings (SSSR count). The molecule has 0 aliphatic carbocycles. The number of hydrogen-bond donors (Lipinski definition) is 2. The van der Waals surface area contributed by atoms with Crippen molar-refractivity contribution in [3.63, 3.8) is 0 Å². The Bertz CT molecular complexity index is 123. The lowest BCUT2D eigenvalue weighted by molar-refractivity contribution is -0.0174. The molecule has 0 spiro atoms. The molecule has 1 atom stereocenters. The summed E-state index contributed by atoms with van der Waals surface area (Å²) in [6.45, 7) is 6.16. The van der Waals surface area contributed by atoms with Gasteiger partial charge < -0.3 is 5.11 Å². The lowest BCUT2D eigenvalue weighted by Gasteiger charge is -2.41. The second-order valence-corrected chi connectivity index (χ2v) is 3.95. The van der Waals surface area contributed by atoms with Crippen LogP contribution >= 0.6 is 12.6 Å². The van der Waals surface area contributed by atoms with Crippen LogP contribution in [0.3, 0.4) is 0 Å². The molecule has 0 aromatic rings. The van der Waals surface area contributed by atoms with Crippen LogP contribution in [0.25, 0.3) is 0 Å². The van der Waals surface area contributed by atoms with Crippen molar-refractivity contribution in [3.8, 4) is 0 Å². The molecule has 0 aromatic heterocycles. The van der Waals surface area contributed by atoms with Gasteiger partial charge in [0.25, 0.3) is 0 Å². The Kier molecular flexibility index (Phi) is 3.22. The highest BCUT2D eigenvalue weighted by Crippen LogP contribution is 2.23. The Morgan fingerprint density at radius 2 is 2.09 bits per heavy atom. The van der Waals surface area contributed by atoms with Gasteiger partial charge in [0, 0.05) is 24.9 Å². The van der Waals surface area contributed by atoms with Crippen LogP contribution in [0.1, 0.15) is 13.8 Å². The summed E-state index contributed by atoms with van der Waals surface area (Å²) in [5.41, 5.74) is 0. The largest absolute Gasteiger partial charge is 0.392 e. The van der Waals surface area contributed by atoms with Crippen LogP contribution in [0.2, 0.25) is 0 Å². The SMILES string of the molecule is CC(C)C(O)C1CN(CS)C1. The summed E-state index contributed by atoms with van der Waals surface area (Å²) >= 11 is 4.15. The first-order chi connectivity index (χ1) is 5.15. The standard InChI is InChI=1S/C8H17NOS/c1-6(2)8(10)7-3-9(4-7)5-11/h6-8,10-11H,3-5H2,1-2H3. The van der Waals surface area contributed by atoms with Crippen LogP contribution < -0.4 is 0 Å². The van der Waals surface area contributed by atoms with Gasteiger partial charge in [-0.15, -0.1) is 0 Å². The average molecular weight is 175 g/mol. The molecule has 0 radical (unpaired) electrons. The fourth-order valence-corrected chi connectivity index (χ4v) is 1.72. The molecule has 1 N–H and O–H groups in total. The smallest absolute Gasteiger partial charge is 0.0615 e. The van der Waals surface area contributed by atoms with E-state index in [0.29, 0.717) is 11.8 Å². The van der Waals surface area contributed by atoms with E-state index in [2.05, 4.69) is 31.4 Å². The van der Waals surface area contributed by atoms with E-state index in [-0.39, 0.29) is 6.10 Å². The number of thiol groups is 1. The third kappa shape index (κ3) is 2.10. The van der Waals surface area contributed by atoms with Crippen LogP contribution in [-0.4, -0.2) is 35.1 Å². The Morgan fingerprint density at radius 1 is 1.55 bits per heavy atom. The summed E-state index contributed by atoms with van der Waals surface area (Å²) in [6, 6.07) is 0. The summed E-state index contributed by atoms with van der Waals surface area (Å²) in [4.78, 5) is 2.22. The lowest BCUT2D eigenvalue weighted by atomic mass is 9.88. The fraction of sp³-hybridized carbons (Fsp3) is 1.00. The minimum atomic E-state index is -0.119. The normalized spacial score (nSPS) is 23.7. The van der Waals surface area contributed by atoms with E-state index in [1.165, 1.54) is 0 Å². The van der Waals surface area contributed by atoms with Gasteiger partial charge in [-0.3, -0.25) is 4.90 Å². The van der Waals surface area contributed by atoms with Crippen LogP contribution in [0.4, 0.5) is 0 Å². The Labute approximate surface area is 74.0 Å². The molecule has 3 heteroatoms. The maximum Gasteiger partial charge on any atom is 0.0615 e. The van der Waals surface area contributed by atoms with Gasteiger partial charge in [-0.1, -0.05) is 13.8 Å². The van der Waals surface area contributed by atoms with Crippen LogP contribution in [0.5, 0.6) is 0 Å². The third-order valence-corrected chi connectivity index (χ3v) is 2.75. The number of aliphatic hydroxyl groups is 1. The van der Waals surface area contributed by atoms with Gasteiger partial charge in [0.2, 0.25) is 0 Å². The predicted molar refractivity (Wildman–Crippen MR) is 49.8 cm³/mol. The molecule has 0 bridgehead atoms. The average Bonchev–Trinajstić information content (AvgIpc) is 1.85. The molecule has 11 heavy (non-hydrogen) atoms. The topological polar surface area (TPSA) is 23.5 Å². The van der Waals surface area contributed by atoms with E-state index < -0.39 is 0 Å². The highest BCUT2D eigenvalue weighted by molar-refractivity contribution is 7.80. The molecule has 2 nitrogen and oxygen atoms in total. The van der Waals surface area contributed by atoms with Crippen LogP contribution in [0, 0.1) is 11.8 Å². The molecule has 1 heterocycles. The van der Waals surface area contributed by atoms with Gasteiger partial charge in [-0.05, 0) is 5.92 Å². The summed E-state index contributed by atoms with van der Waals surface area (Å²) in [5.74, 6) is 1.70.